The molecule has 7 nitrogen and oxygen atoms in total. The molecule has 0 aromatic heterocycles. The molecule has 28 heavy (non-hydrogen) atoms. The first-order chi connectivity index (χ1) is 13.4. The average Bonchev–Trinajstić information content (AvgIpc) is 2.67. The standard InChI is InChI=1S/C21H21NO6/c1-12(23)15-8-4-5-9-16(15)22-20(24)14(3)27-21(25)19-13(2)26-17-10-6-7-11-18(17)28-19/h4-11,13-14,19H,1-3H3,(H,22,24). The Labute approximate surface area is 162 Å². The van der Waals surface area contributed by atoms with Crippen molar-refractivity contribution in [1.82, 2.24) is 0 Å². The predicted molar refractivity (Wildman–Crippen MR) is 102 cm³/mol. The maximum Gasteiger partial charge on any atom is 0.352 e. The third-order valence-electron chi connectivity index (χ3n) is 4.30. The highest BCUT2D eigenvalue weighted by Gasteiger charge is 2.37. The van der Waals surface area contributed by atoms with E-state index in [1.165, 1.54) is 13.8 Å². The summed E-state index contributed by atoms with van der Waals surface area (Å²) in [6.45, 7) is 4.55. The third kappa shape index (κ3) is 4.14. The molecule has 2 aromatic carbocycles. The van der Waals surface area contributed by atoms with E-state index in [9.17, 15) is 14.4 Å². The minimum Gasteiger partial charge on any atom is -0.482 e. The van der Waals surface area contributed by atoms with Gasteiger partial charge in [-0.05, 0) is 45.0 Å². The zero-order valence-electron chi connectivity index (χ0n) is 15.8. The fourth-order valence-electron chi connectivity index (χ4n) is 2.81. The van der Waals surface area contributed by atoms with Gasteiger partial charge in [0.15, 0.2) is 23.4 Å². The van der Waals surface area contributed by atoms with Gasteiger partial charge in [0.2, 0.25) is 6.10 Å². The molecule has 1 heterocycles. The van der Waals surface area contributed by atoms with Crippen LogP contribution in [0.25, 0.3) is 0 Å². The van der Waals surface area contributed by atoms with Gasteiger partial charge in [-0.15, -0.1) is 0 Å². The lowest BCUT2D eigenvalue weighted by molar-refractivity contribution is -0.165. The minimum absolute atomic E-state index is 0.180. The Balaban J connectivity index is 1.64. The smallest absolute Gasteiger partial charge is 0.352 e. The Hall–Kier alpha value is -3.35. The van der Waals surface area contributed by atoms with Crippen LogP contribution < -0.4 is 14.8 Å². The number of para-hydroxylation sites is 3. The van der Waals surface area contributed by atoms with Crippen molar-refractivity contribution in [1.29, 1.82) is 0 Å². The van der Waals surface area contributed by atoms with Crippen LogP contribution in [0.1, 0.15) is 31.1 Å². The lowest BCUT2D eigenvalue weighted by atomic mass is 10.1. The van der Waals surface area contributed by atoms with Crippen molar-refractivity contribution in [3.05, 3.63) is 54.1 Å². The molecular weight excluding hydrogens is 362 g/mol. The van der Waals surface area contributed by atoms with Crippen LogP contribution in [0.15, 0.2) is 48.5 Å². The summed E-state index contributed by atoms with van der Waals surface area (Å²) in [7, 11) is 0. The summed E-state index contributed by atoms with van der Waals surface area (Å²) in [4.78, 5) is 36.6. The van der Waals surface area contributed by atoms with Gasteiger partial charge in [0.1, 0.15) is 6.10 Å². The van der Waals surface area contributed by atoms with Crippen LogP contribution in [0.2, 0.25) is 0 Å². The summed E-state index contributed by atoms with van der Waals surface area (Å²) in [5, 5.41) is 2.62. The number of carbonyl (C=O) groups excluding carboxylic acids is 3. The molecule has 0 spiro atoms. The molecule has 1 N–H and O–H groups in total. The van der Waals surface area contributed by atoms with Crippen LogP contribution in [0.4, 0.5) is 5.69 Å². The van der Waals surface area contributed by atoms with Gasteiger partial charge in [0.05, 0.1) is 5.69 Å². The molecule has 1 amide bonds. The first-order valence-corrected chi connectivity index (χ1v) is 8.90. The van der Waals surface area contributed by atoms with Crippen molar-refractivity contribution in [3.8, 4) is 11.5 Å². The number of hydrogen-bond acceptors (Lipinski definition) is 6. The van der Waals surface area contributed by atoms with E-state index in [0.29, 0.717) is 22.7 Å². The highest BCUT2D eigenvalue weighted by Crippen LogP contribution is 2.33. The van der Waals surface area contributed by atoms with Crippen LogP contribution >= 0.6 is 0 Å². The number of ether oxygens (including phenoxy) is 3. The van der Waals surface area contributed by atoms with Gasteiger partial charge >= 0.3 is 5.97 Å². The number of nitrogens with one attached hydrogen (secondary N) is 1. The van der Waals surface area contributed by atoms with E-state index in [2.05, 4.69) is 5.32 Å². The quantitative estimate of drug-likeness (QED) is 0.630. The normalized spacial score (nSPS) is 18.7. The number of ketones is 1. The molecular formula is C21H21NO6. The van der Waals surface area contributed by atoms with E-state index >= 15 is 0 Å². The van der Waals surface area contributed by atoms with Crippen molar-refractivity contribution < 1.29 is 28.6 Å². The Morgan fingerprint density at radius 2 is 1.61 bits per heavy atom. The number of esters is 1. The highest BCUT2D eigenvalue weighted by atomic mass is 16.6. The molecule has 0 bridgehead atoms. The Morgan fingerprint density at radius 3 is 2.29 bits per heavy atom. The predicted octanol–water partition coefficient (Wildman–Crippen LogP) is 2.99. The van der Waals surface area contributed by atoms with E-state index in [0.717, 1.165) is 0 Å². The summed E-state index contributed by atoms with van der Waals surface area (Å²) >= 11 is 0. The van der Waals surface area contributed by atoms with Gasteiger partial charge in [-0.2, -0.15) is 0 Å². The average molecular weight is 383 g/mol. The van der Waals surface area contributed by atoms with Crippen molar-refractivity contribution >= 4 is 23.3 Å². The second-order valence-electron chi connectivity index (χ2n) is 6.48. The number of anilines is 1. The van der Waals surface area contributed by atoms with E-state index in [1.807, 2.05) is 0 Å². The summed E-state index contributed by atoms with van der Waals surface area (Å²) in [5.74, 6) is -0.446. The SMILES string of the molecule is CC(=O)c1ccccc1NC(=O)C(C)OC(=O)C1Oc2ccccc2OC1C. The summed E-state index contributed by atoms with van der Waals surface area (Å²) in [5.41, 5.74) is 0.742. The first kappa shape index (κ1) is 19.4. The molecule has 2 aromatic rings. The monoisotopic (exact) mass is 383 g/mol. The maximum absolute atomic E-state index is 12.5. The molecule has 0 aliphatic carbocycles. The van der Waals surface area contributed by atoms with Crippen LogP contribution in [0.5, 0.6) is 11.5 Å². The van der Waals surface area contributed by atoms with E-state index in [4.69, 9.17) is 14.2 Å². The fourth-order valence-corrected chi connectivity index (χ4v) is 2.81. The molecule has 3 atom stereocenters. The number of Topliss-reactive ketones (excluding diaryl/α,β-unsaturated/α-hetero) is 1. The zero-order chi connectivity index (χ0) is 20.3. The maximum atomic E-state index is 12.5. The van der Waals surface area contributed by atoms with Crippen LogP contribution in [-0.4, -0.2) is 36.0 Å². The van der Waals surface area contributed by atoms with Gasteiger partial charge < -0.3 is 19.5 Å². The van der Waals surface area contributed by atoms with Crippen molar-refractivity contribution in [2.24, 2.45) is 0 Å². The van der Waals surface area contributed by atoms with E-state index in [1.54, 1.807) is 55.5 Å². The summed E-state index contributed by atoms with van der Waals surface area (Å²) in [6, 6.07) is 13.6. The van der Waals surface area contributed by atoms with Gasteiger partial charge in [0.25, 0.3) is 5.91 Å². The van der Waals surface area contributed by atoms with Gasteiger partial charge in [-0.1, -0.05) is 24.3 Å². The van der Waals surface area contributed by atoms with Gasteiger partial charge in [0, 0.05) is 5.56 Å². The molecule has 0 saturated heterocycles. The topological polar surface area (TPSA) is 90.9 Å². The third-order valence-corrected chi connectivity index (χ3v) is 4.30. The van der Waals surface area contributed by atoms with Gasteiger partial charge in [-0.3, -0.25) is 9.59 Å². The number of amides is 1. The number of hydrogen-bond donors (Lipinski definition) is 1. The number of carbonyl (C=O) groups is 3. The molecule has 146 valence electrons. The number of rotatable bonds is 5. The molecule has 3 rings (SSSR count). The van der Waals surface area contributed by atoms with Crippen molar-refractivity contribution in [3.63, 3.8) is 0 Å². The lowest BCUT2D eigenvalue weighted by Crippen LogP contribution is -2.46. The molecule has 1 aliphatic heterocycles. The first-order valence-electron chi connectivity index (χ1n) is 8.90. The Morgan fingerprint density at radius 1 is 1.00 bits per heavy atom. The van der Waals surface area contributed by atoms with Crippen LogP contribution in [-0.2, 0) is 14.3 Å². The molecule has 7 heteroatoms. The molecule has 3 unspecified atom stereocenters. The summed E-state index contributed by atoms with van der Waals surface area (Å²) < 4.78 is 16.6. The van der Waals surface area contributed by atoms with E-state index in [-0.39, 0.29) is 5.78 Å². The van der Waals surface area contributed by atoms with Crippen LogP contribution in [0.3, 0.4) is 0 Å². The summed E-state index contributed by atoms with van der Waals surface area (Å²) in [6.07, 6.45) is -2.65. The Kier molecular flexibility index (Phi) is 5.63. The molecule has 0 radical (unpaired) electrons. The van der Waals surface area contributed by atoms with Crippen LogP contribution in [0, 0.1) is 0 Å². The van der Waals surface area contributed by atoms with Crippen molar-refractivity contribution in [2.75, 3.05) is 5.32 Å². The second-order valence-corrected chi connectivity index (χ2v) is 6.48. The highest BCUT2D eigenvalue weighted by molar-refractivity contribution is 6.04. The largest absolute Gasteiger partial charge is 0.482 e. The molecule has 1 aliphatic rings. The van der Waals surface area contributed by atoms with Crippen molar-refractivity contribution in [2.45, 2.75) is 39.1 Å². The molecule has 0 saturated carbocycles. The Bertz CT molecular complexity index is 909. The second kappa shape index (κ2) is 8.12. The lowest BCUT2D eigenvalue weighted by Gasteiger charge is -2.31. The number of benzene rings is 2. The minimum atomic E-state index is -1.08. The molecule has 0 fully saturated rings. The fraction of sp³-hybridized carbons (Fsp3) is 0.286. The number of fused-ring (bicyclic) bond motifs is 1. The van der Waals surface area contributed by atoms with E-state index < -0.39 is 30.2 Å². The zero-order valence-corrected chi connectivity index (χ0v) is 15.8. The van der Waals surface area contributed by atoms with Gasteiger partial charge in [-0.25, -0.2) is 4.79 Å².